The van der Waals surface area contributed by atoms with Gasteiger partial charge in [-0.15, -0.1) is 0 Å². The van der Waals surface area contributed by atoms with Gasteiger partial charge in [-0.3, -0.25) is 0 Å². The van der Waals surface area contributed by atoms with Crippen molar-refractivity contribution in [1.82, 2.24) is 10.3 Å². The number of hydrogen-bond acceptors (Lipinski definition) is 3. The minimum atomic E-state index is 0.695. The number of rotatable bonds is 6. The molecule has 0 saturated carbocycles. The number of hydrogen-bond donors (Lipinski definition) is 1. The van der Waals surface area contributed by atoms with Gasteiger partial charge in [0, 0.05) is 24.8 Å². The van der Waals surface area contributed by atoms with Crippen LogP contribution in [-0.4, -0.2) is 24.1 Å². The van der Waals surface area contributed by atoms with Crippen molar-refractivity contribution in [2.45, 2.75) is 65.5 Å². The lowest BCUT2D eigenvalue weighted by molar-refractivity contribution is 0.431. The van der Waals surface area contributed by atoms with E-state index >= 15 is 0 Å². The van der Waals surface area contributed by atoms with Crippen LogP contribution in [0.5, 0.6) is 0 Å². The quantitative estimate of drug-likeness (QED) is 0.859. The summed E-state index contributed by atoms with van der Waals surface area (Å²) in [6.07, 6.45) is 6.56. The maximum Gasteiger partial charge on any atom is 0.129 e. The molecule has 1 aromatic rings. The summed E-state index contributed by atoms with van der Waals surface area (Å²) in [5, 5.41) is 3.38. The van der Waals surface area contributed by atoms with Crippen LogP contribution in [0.2, 0.25) is 0 Å². The Hall–Kier alpha value is -1.09. The Morgan fingerprint density at radius 1 is 1.30 bits per heavy atom. The predicted molar refractivity (Wildman–Crippen MR) is 86.2 cm³/mol. The van der Waals surface area contributed by atoms with E-state index in [2.05, 4.69) is 43.1 Å². The molecule has 1 N–H and O–H groups in total. The highest BCUT2D eigenvalue weighted by Gasteiger charge is 2.22. The van der Waals surface area contributed by atoms with Gasteiger partial charge < -0.3 is 10.2 Å². The van der Waals surface area contributed by atoms with Gasteiger partial charge in [0.25, 0.3) is 0 Å². The highest BCUT2D eigenvalue weighted by molar-refractivity contribution is 5.43. The molecule has 1 aliphatic rings. The van der Waals surface area contributed by atoms with E-state index < -0.39 is 0 Å². The number of aryl methyl sites for hydroxylation is 1. The molecule has 0 aliphatic carbocycles. The lowest BCUT2D eigenvalue weighted by Gasteiger charge is -2.37. The number of piperidine rings is 1. The van der Waals surface area contributed by atoms with Crippen molar-refractivity contribution in [3.63, 3.8) is 0 Å². The van der Waals surface area contributed by atoms with Crippen LogP contribution in [-0.2, 0) is 6.54 Å². The van der Waals surface area contributed by atoms with E-state index in [4.69, 9.17) is 4.98 Å². The number of pyridine rings is 1. The molecule has 1 aliphatic heterocycles. The molecule has 1 fully saturated rings. The third-order valence-corrected chi connectivity index (χ3v) is 4.29. The smallest absolute Gasteiger partial charge is 0.129 e. The van der Waals surface area contributed by atoms with Crippen LogP contribution in [0.25, 0.3) is 0 Å². The molecule has 1 atom stereocenters. The summed E-state index contributed by atoms with van der Waals surface area (Å²) in [6, 6.07) is 5.16. The average molecular weight is 275 g/mol. The van der Waals surface area contributed by atoms with Gasteiger partial charge in [0.15, 0.2) is 0 Å². The van der Waals surface area contributed by atoms with Crippen LogP contribution in [0.3, 0.4) is 0 Å². The van der Waals surface area contributed by atoms with Crippen LogP contribution in [0, 0.1) is 6.92 Å². The van der Waals surface area contributed by atoms with Crippen molar-refractivity contribution >= 4 is 5.82 Å². The van der Waals surface area contributed by atoms with Crippen LogP contribution in [0.4, 0.5) is 5.82 Å². The predicted octanol–water partition coefficient (Wildman–Crippen LogP) is 3.66. The van der Waals surface area contributed by atoms with Gasteiger partial charge in [-0.05, 0) is 50.8 Å². The first-order valence-corrected chi connectivity index (χ1v) is 8.20. The molecule has 3 nitrogen and oxygen atoms in total. The number of anilines is 1. The Kier molecular flexibility index (Phi) is 5.84. The second kappa shape index (κ2) is 7.63. The lowest BCUT2D eigenvalue weighted by atomic mass is 9.98. The summed E-state index contributed by atoms with van der Waals surface area (Å²) in [6.45, 7) is 9.66. The Labute approximate surface area is 123 Å². The first-order chi connectivity index (χ1) is 9.76. The second-order valence-electron chi connectivity index (χ2n) is 5.83. The molecule has 2 heterocycles. The van der Waals surface area contributed by atoms with Gasteiger partial charge in [-0.1, -0.05) is 26.3 Å². The van der Waals surface area contributed by atoms with Crippen molar-refractivity contribution in [2.24, 2.45) is 0 Å². The van der Waals surface area contributed by atoms with Crippen LogP contribution in [0.15, 0.2) is 12.1 Å². The molecule has 0 amide bonds. The Morgan fingerprint density at radius 2 is 2.15 bits per heavy atom. The molecule has 20 heavy (non-hydrogen) atoms. The molecule has 2 rings (SSSR count). The molecular formula is C17H29N3. The minimum Gasteiger partial charge on any atom is -0.354 e. The third kappa shape index (κ3) is 3.72. The molecule has 1 unspecified atom stereocenters. The highest BCUT2D eigenvalue weighted by Crippen LogP contribution is 2.26. The van der Waals surface area contributed by atoms with E-state index in [1.54, 1.807) is 0 Å². The zero-order valence-corrected chi connectivity index (χ0v) is 13.3. The van der Waals surface area contributed by atoms with Gasteiger partial charge in [0.1, 0.15) is 5.82 Å². The Bertz CT molecular complexity index is 415. The van der Waals surface area contributed by atoms with Crippen LogP contribution < -0.4 is 10.2 Å². The van der Waals surface area contributed by atoms with Crippen molar-refractivity contribution < 1.29 is 0 Å². The van der Waals surface area contributed by atoms with Gasteiger partial charge >= 0.3 is 0 Å². The van der Waals surface area contributed by atoms with Gasteiger partial charge in [-0.25, -0.2) is 4.98 Å². The van der Waals surface area contributed by atoms with E-state index in [-0.39, 0.29) is 0 Å². The average Bonchev–Trinajstić information content (AvgIpc) is 2.47. The van der Waals surface area contributed by atoms with E-state index in [1.165, 1.54) is 55.7 Å². The van der Waals surface area contributed by atoms with Crippen LogP contribution in [0.1, 0.15) is 57.2 Å². The fraction of sp³-hybridized carbons (Fsp3) is 0.706. The fourth-order valence-electron chi connectivity index (χ4n) is 3.12. The van der Waals surface area contributed by atoms with Crippen LogP contribution >= 0.6 is 0 Å². The SMILES string of the molecule is CCCC1CCCCN1c1ccc(CNCC)c(C)n1. The van der Waals surface area contributed by atoms with Crippen molar-refractivity contribution in [2.75, 3.05) is 18.0 Å². The topological polar surface area (TPSA) is 28.2 Å². The second-order valence-corrected chi connectivity index (χ2v) is 5.83. The molecule has 112 valence electrons. The number of nitrogens with zero attached hydrogens (tertiary/aromatic N) is 2. The standard InChI is InChI=1S/C17H29N3/c1-4-8-16-9-6-7-12-20(16)17-11-10-15(13-18-5-2)14(3)19-17/h10-11,16,18H,4-9,12-13H2,1-3H3. The molecular weight excluding hydrogens is 246 g/mol. The molecule has 0 bridgehead atoms. The van der Waals surface area contributed by atoms with Gasteiger partial charge in [0.2, 0.25) is 0 Å². The summed E-state index contributed by atoms with van der Waals surface area (Å²) >= 11 is 0. The van der Waals surface area contributed by atoms with Crippen molar-refractivity contribution in [3.05, 3.63) is 23.4 Å². The monoisotopic (exact) mass is 275 g/mol. The lowest BCUT2D eigenvalue weighted by Crippen LogP contribution is -2.40. The summed E-state index contributed by atoms with van der Waals surface area (Å²) in [4.78, 5) is 7.41. The summed E-state index contributed by atoms with van der Waals surface area (Å²) in [5.74, 6) is 1.18. The van der Waals surface area contributed by atoms with Gasteiger partial charge in [0.05, 0.1) is 0 Å². The summed E-state index contributed by atoms with van der Waals surface area (Å²) < 4.78 is 0. The molecule has 3 heteroatoms. The fourth-order valence-corrected chi connectivity index (χ4v) is 3.12. The van der Waals surface area contributed by atoms with E-state index in [1.807, 2.05) is 0 Å². The zero-order chi connectivity index (χ0) is 14.4. The Morgan fingerprint density at radius 3 is 2.85 bits per heavy atom. The first-order valence-electron chi connectivity index (χ1n) is 8.20. The summed E-state index contributed by atoms with van der Waals surface area (Å²) in [7, 11) is 0. The van der Waals surface area contributed by atoms with Crippen molar-refractivity contribution in [3.8, 4) is 0 Å². The van der Waals surface area contributed by atoms with E-state index in [9.17, 15) is 0 Å². The highest BCUT2D eigenvalue weighted by atomic mass is 15.2. The maximum atomic E-state index is 4.87. The largest absolute Gasteiger partial charge is 0.354 e. The summed E-state index contributed by atoms with van der Waals surface area (Å²) in [5.41, 5.74) is 2.49. The number of nitrogens with one attached hydrogen (secondary N) is 1. The maximum absolute atomic E-state index is 4.87. The molecule has 0 spiro atoms. The number of aromatic nitrogens is 1. The zero-order valence-electron chi connectivity index (χ0n) is 13.3. The van der Waals surface area contributed by atoms with Gasteiger partial charge in [-0.2, -0.15) is 0 Å². The van der Waals surface area contributed by atoms with Crippen molar-refractivity contribution in [1.29, 1.82) is 0 Å². The minimum absolute atomic E-state index is 0.695. The molecule has 1 aromatic heterocycles. The normalized spacial score (nSPS) is 19.4. The Balaban J connectivity index is 2.12. The first kappa shape index (κ1) is 15.3. The molecule has 0 radical (unpaired) electrons. The van der Waals surface area contributed by atoms with E-state index in [0.29, 0.717) is 6.04 Å². The third-order valence-electron chi connectivity index (χ3n) is 4.29. The molecule has 0 aromatic carbocycles. The van der Waals surface area contributed by atoms with E-state index in [0.717, 1.165) is 13.1 Å². The molecule has 1 saturated heterocycles.